The molecule has 0 saturated carbocycles. The molecule has 3 rings (SSSR count). The standard InChI is InChI=1S/C17H22N4O3.CH2O2/c1-20(6-8-22)11-13-12-24-9-7-21(13)17(23)16-10-18-14-4-2-3-5-15(14)19-16;2-1-3/h2-5,10,13,22H,6-9,11-12H2,1H3;1H,(H,2,3). The van der Waals surface area contributed by atoms with Crippen molar-refractivity contribution in [3.8, 4) is 0 Å². The Morgan fingerprint density at radius 1 is 1.41 bits per heavy atom. The van der Waals surface area contributed by atoms with E-state index in [1.165, 1.54) is 6.20 Å². The van der Waals surface area contributed by atoms with E-state index in [0.717, 1.165) is 5.52 Å². The first-order valence-corrected chi connectivity index (χ1v) is 8.58. The first-order valence-electron chi connectivity index (χ1n) is 8.58. The van der Waals surface area contributed by atoms with Crippen LogP contribution in [-0.2, 0) is 9.53 Å². The van der Waals surface area contributed by atoms with Crippen molar-refractivity contribution in [2.45, 2.75) is 6.04 Å². The molecule has 0 bridgehead atoms. The van der Waals surface area contributed by atoms with Crippen LogP contribution in [0.4, 0.5) is 0 Å². The highest BCUT2D eigenvalue weighted by Gasteiger charge is 2.29. The normalized spacial score (nSPS) is 16.7. The molecule has 2 aromatic rings. The molecule has 0 radical (unpaired) electrons. The van der Waals surface area contributed by atoms with Gasteiger partial charge in [0.2, 0.25) is 0 Å². The second-order valence-corrected chi connectivity index (χ2v) is 6.06. The van der Waals surface area contributed by atoms with Crippen LogP contribution in [0.25, 0.3) is 11.0 Å². The van der Waals surface area contributed by atoms with Crippen molar-refractivity contribution in [1.82, 2.24) is 19.8 Å². The monoisotopic (exact) mass is 376 g/mol. The van der Waals surface area contributed by atoms with Crippen LogP contribution in [0, 0.1) is 0 Å². The number of ether oxygens (including phenoxy) is 1. The van der Waals surface area contributed by atoms with Crippen LogP contribution in [0.2, 0.25) is 0 Å². The van der Waals surface area contributed by atoms with E-state index in [0.29, 0.717) is 44.1 Å². The number of aliphatic hydroxyl groups excluding tert-OH is 1. The predicted molar refractivity (Wildman–Crippen MR) is 98.5 cm³/mol. The molecular weight excluding hydrogens is 352 g/mol. The Labute approximate surface area is 157 Å². The van der Waals surface area contributed by atoms with Gasteiger partial charge in [-0.05, 0) is 19.2 Å². The third-order valence-corrected chi connectivity index (χ3v) is 4.16. The fourth-order valence-electron chi connectivity index (χ4n) is 2.90. The zero-order valence-electron chi connectivity index (χ0n) is 15.2. The number of hydrogen-bond acceptors (Lipinski definition) is 7. The van der Waals surface area contributed by atoms with E-state index in [1.54, 1.807) is 4.90 Å². The van der Waals surface area contributed by atoms with Crippen molar-refractivity contribution in [3.63, 3.8) is 0 Å². The number of rotatable bonds is 5. The van der Waals surface area contributed by atoms with E-state index < -0.39 is 0 Å². The molecule has 0 spiro atoms. The Morgan fingerprint density at radius 2 is 2.11 bits per heavy atom. The molecule has 1 amide bonds. The summed E-state index contributed by atoms with van der Waals surface area (Å²) in [5, 5.41) is 15.9. The van der Waals surface area contributed by atoms with Crippen molar-refractivity contribution in [2.75, 3.05) is 46.5 Å². The van der Waals surface area contributed by atoms with Gasteiger partial charge in [0, 0.05) is 19.6 Å². The summed E-state index contributed by atoms with van der Waals surface area (Å²) < 4.78 is 5.53. The maximum atomic E-state index is 12.9. The number of hydrogen-bond donors (Lipinski definition) is 2. The number of aliphatic hydroxyl groups is 1. The van der Waals surface area contributed by atoms with Crippen LogP contribution in [0.5, 0.6) is 0 Å². The molecule has 1 atom stereocenters. The largest absolute Gasteiger partial charge is 0.483 e. The quantitative estimate of drug-likeness (QED) is 0.706. The van der Waals surface area contributed by atoms with Gasteiger partial charge in [0.25, 0.3) is 12.4 Å². The van der Waals surface area contributed by atoms with E-state index in [1.807, 2.05) is 36.2 Å². The molecule has 1 aliphatic rings. The molecule has 1 aromatic heterocycles. The molecule has 9 nitrogen and oxygen atoms in total. The molecule has 146 valence electrons. The molecule has 27 heavy (non-hydrogen) atoms. The highest BCUT2D eigenvalue weighted by molar-refractivity contribution is 5.94. The number of para-hydroxylation sites is 2. The van der Waals surface area contributed by atoms with Gasteiger partial charge in [0.1, 0.15) is 5.69 Å². The van der Waals surface area contributed by atoms with Crippen LogP contribution in [0.3, 0.4) is 0 Å². The number of likely N-dealkylation sites (N-methyl/N-ethyl adjacent to an activating group) is 1. The van der Waals surface area contributed by atoms with Gasteiger partial charge in [-0.3, -0.25) is 14.6 Å². The lowest BCUT2D eigenvalue weighted by Crippen LogP contribution is -2.53. The zero-order chi connectivity index (χ0) is 19.6. The number of carbonyl (C=O) groups is 2. The fourth-order valence-corrected chi connectivity index (χ4v) is 2.90. The van der Waals surface area contributed by atoms with Gasteiger partial charge in [0.15, 0.2) is 0 Å². The van der Waals surface area contributed by atoms with Crippen molar-refractivity contribution < 1.29 is 24.5 Å². The lowest BCUT2D eigenvalue weighted by Gasteiger charge is -2.37. The highest BCUT2D eigenvalue weighted by atomic mass is 16.5. The Balaban J connectivity index is 0.000000817. The molecule has 9 heteroatoms. The Hall–Kier alpha value is -2.62. The lowest BCUT2D eigenvalue weighted by atomic mass is 10.2. The van der Waals surface area contributed by atoms with Crippen LogP contribution in [0.1, 0.15) is 10.5 Å². The summed E-state index contributed by atoms with van der Waals surface area (Å²) in [6.45, 7) is 2.59. The Kier molecular flexibility index (Phi) is 8.05. The number of fused-ring (bicyclic) bond motifs is 1. The smallest absolute Gasteiger partial charge is 0.290 e. The van der Waals surface area contributed by atoms with E-state index in [2.05, 4.69) is 9.97 Å². The third-order valence-electron chi connectivity index (χ3n) is 4.16. The summed E-state index contributed by atoms with van der Waals surface area (Å²) in [7, 11) is 1.92. The molecule has 2 heterocycles. The number of amides is 1. The Bertz CT molecular complexity index is 757. The van der Waals surface area contributed by atoms with Crippen LogP contribution in [0.15, 0.2) is 30.5 Å². The predicted octanol–water partition coefficient (Wildman–Crippen LogP) is 0.0957. The fraction of sp³-hybridized carbons (Fsp3) is 0.444. The average Bonchev–Trinajstić information content (AvgIpc) is 2.68. The average molecular weight is 376 g/mol. The van der Waals surface area contributed by atoms with Gasteiger partial charge in [-0.2, -0.15) is 0 Å². The highest BCUT2D eigenvalue weighted by Crippen LogP contribution is 2.14. The van der Waals surface area contributed by atoms with Gasteiger partial charge in [-0.25, -0.2) is 4.98 Å². The first kappa shape index (κ1) is 20.7. The molecule has 1 saturated heterocycles. The van der Waals surface area contributed by atoms with E-state index in [-0.39, 0.29) is 25.0 Å². The molecule has 0 aliphatic carbocycles. The number of nitrogens with zero attached hydrogens (tertiary/aromatic N) is 4. The second kappa shape index (κ2) is 10.5. The van der Waals surface area contributed by atoms with Crippen molar-refractivity contribution in [2.24, 2.45) is 0 Å². The van der Waals surface area contributed by atoms with Crippen LogP contribution in [-0.4, -0.2) is 94.9 Å². The van der Waals surface area contributed by atoms with E-state index in [9.17, 15) is 4.79 Å². The van der Waals surface area contributed by atoms with E-state index >= 15 is 0 Å². The van der Waals surface area contributed by atoms with Gasteiger partial charge in [0.05, 0.1) is 43.1 Å². The summed E-state index contributed by atoms with van der Waals surface area (Å²) in [5.74, 6) is -0.126. The summed E-state index contributed by atoms with van der Waals surface area (Å²) in [4.78, 5) is 33.8. The van der Waals surface area contributed by atoms with Crippen molar-refractivity contribution in [3.05, 3.63) is 36.2 Å². The summed E-state index contributed by atoms with van der Waals surface area (Å²) in [6, 6.07) is 7.44. The van der Waals surface area contributed by atoms with Gasteiger partial charge < -0.3 is 24.7 Å². The Morgan fingerprint density at radius 3 is 2.81 bits per heavy atom. The molecule has 1 aliphatic heterocycles. The zero-order valence-corrected chi connectivity index (χ0v) is 15.2. The van der Waals surface area contributed by atoms with Crippen molar-refractivity contribution in [1.29, 1.82) is 0 Å². The number of carboxylic acid groups (broad SMARTS) is 1. The molecular formula is C18H24N4O5. The van der Waals surface area contributed by atoms with Crippen molar-refractivity contribution >= 4 is 23.4 Å². The molecule has 1 unspecified atom stereocenters. The third kappa shape index (κ3) is 5.68. The maximum absolute atomic E-state index is 12.9. The summed E-state index contributed by atoms with van der Waals surface area (Å²) >= 11 is 0. The first-order chi connectivity index (χ1) is 13.1. The number of morpholine rings is 1. The molecule has 1 fully saturated rings. The van der Waals surface area contributed by atoms with E-state index in [4.69, 9.17) is 19.7 Å². The summed E-state index contributed by atoms with van der Waals surface area (Å²) in [5.41, 5.74) is 1.84. The SMILES string of the molecule is CN(CCO)CC1COCCN1C(=O)c1cnc2ccccc2n1.O=CO. The van der Waals surface area contributed by atoms with Gasteiger partial charge in [-0.15, -0.1) is 0 Å². The summed E-state index contributed by atoms with van der Waals surface area (Å²) in [6.07, 6.45) is 1.54. The number of aromatic nitrogens is 2. The van der Waals surface area contributed by atoms with Gasteiger partial charge in [-0.1, -0.05) is 12.1 Å². The number of carbonyl (C=O) groups excluding carboxylic acids is 1. The lowest BCUT2D eigenvalue weighted by molar-refractivity contribution is -0.122. The molecule has 2 N–H and O–H groups in total. The van der Waals surface area contributed by atoms with Crippen LogP contribution >= 0.6 is 0 Å². The maximum Gasteiger partial charge on any atom is 0.290 e. The van der Waals surface area contributed by atoms with Crippen LogP contribution < -0.4 is 0 Å². The minimum atomic E-state index is -0.250. The minimum Gasteiger partial charge on any atom is -0.483 e. The molecule has 1 aromatic carbocycles. The topological polar surface area (TPSA) is 116 Å². The van der Waals surface area contributed by atoms with Gasteiger partial charge >= 0.3 is 0 Å². The number of benzene rings is 1. The second-order valence-electron chi connectivity index (χ2n) is 6.06. The minimum absolute atomic E-state index is 0.0592.